The summed E-state index contributed by atoms with van der Waals surface area (Å²) in [5.41, 5.74) is 9.42. The first-order valence-corrected chi connectivity index (χ1v) is 6.58. The van der Waals surface area contributed by atoms with Crippen LogP contribution in [0.15, 0.2) is 24.5 Å². The Kier molecular flexibility index (Phi) is 3.21. The third-order valence-corrected chi connectivity index (χ3v) is 3.70. The largest absolute Gasteiger partial charge is 0.383 e. The van der Waals surface area contributed by atoms with Gasteiger partial charge in [-0.15, -0.1) is 0 Å². The van der Waals surface area contributed by atoms with Crippen molar-refractivity contribution in [3.8, 4) is 11.1 Å². The van der Waals surface area contributed by atoms with E-state index in [1.165, 1.54) is 0 Å². The predicted octanol–water partition coefficient (Wildman–Crippen LogP) is 1.96. The normalized spacial score (nSPS) is 16.7. The van der Waals surface area contributed by atoms with Crippen molar-refractivity contribution in [2.24, 2.45) is 7.05 Å². The zero-order valence-corrected chi connectivity index (χ0v) is 11.0. The molecule has 0 saturated carbocycles. The lowest BCUT2D eigenvalue weighted by Gasteiger charge is -2.21. The second-order valence-corrected chi connectivity index (χ2v) is 4.89. The highest BCUT2D eigenvalue weighted by molar-refractivity contribution is 5.76. The van der Waals surface area contributed by atoms with Crippen molar-refractivity contribution in [2.75, 3.05) is 18.9 Å². The highest BCUT2D eigenvalue weighted by Gasteiger charge is 2.25. The monoisotopic (exact) mass is 258 g/mol. The molecule has 0 amide bonds. The lowest BCUT2D eigenvalue weighted by molar-refractivity contribution is 0.0845. The lowest BCUT2D eigenvalue weighted by Crippen LogP contribution is -2.15. The Morgan fingerprint density at radius 3 is 2.63 bits per heavy atom. The molecular formula is C14H18N4O. The van der Waals surface area contributed by atoms with Crippen molar-refractivity contribution in [1.29, 1.82) is 0 Å². The van der Waals surface area contributed by atoms with Crippen molar-refractivity contribution in [3.63, 3.8) is 0 Å². The molecule has 0 radical (unpaired) electrons. The maximum Gasteiger partial charge on any atom is 0.129 e. The molecule has 0 aromatic carbocycles. The zero-order valence-electron chi connectivity index (χ0n) is 11.0. The Morgan fingerprint density at radius 1 is 1.26 bits per heavy atom. The SMILES string of the molecule is Cn1nc(C2CCOCC2)c(-c2ccncc2)c1N. The maximum atomic E-state index is 6.19. The molecule has 2 aromatic rings. The summed E-state index contributed by atoms with van der Waals surface area (Å²) in [4.78, 5) is 4.06. The molecule has 0 aliphatic carbocycles. The van der Waals surface area contributed by atoms with Crippen LogP contribution in [0.2, 0.25) is 0 Å². The summed E-state index contributed by atoms with van der Waals surface area (Å²) in [6.07, 6.45) is 5.59. The molecule has 2 N–H and O–H groups in total. The topological polar surface area (TPSA) is 66.0 Å². The van der Waals surface area contributed by atoms with Crippen LogP contribution in [0.25, 0.3) is 11.1 Å². The van der Waals surface area contributed by atoms with Crippen LogP contribution in [-0.2, 0) is 11.8 Å². The predicted molar refractivity (Wildman–Crippen MR) is 73.6 cm³/mol. The molecule has 19 heavy (non-hydrogen) atoms. The summed E-state index contributed by atoms with van der Waals surface area (Å²) in [6.45, 7) is 1.61. The number of nitrogen functional groups attached to an aromatic ring is 1. The average molecular weight is 258 g/mol. The van der Waals surface area contributed by atoms with Crippen LogP contribution < -0.4 is 5.73 Å². The maximum absolute atomic E-state index is 6.19. The number of hydrogen-bond donors (Lipinski definition) is 1. The summed E-state index contributed by atoms with van der Waals surface area (Å²) in [7, 11) is 1.89. The Bertz CT molecular complexity index is 558. The number of rotatable bonds is 2. The van der Waals surface area contributed by atoms with Crippen LogP contribution in [0.3, 0.4) is 0 Å². The Balaban J connectivity index is 2.07. The van der Waals surface area contributed by atoms with Gasteiger partial charge in [0.15, 0.2) is 0 Å². The summed E-state index contributed by atoms with van der Waals surface area (Å²) in [5, 5.41) is 4.63. The minimum atomic E-state index is 0.431. The number of hydrogen-bond acceptors (Lipinski definition) is 4. The van der Waals surface area contributed by atoms with Gasteiger partial charge in [-0.1, -0.05) is 0 Å². The smallest absolute Gasteiger partial charge is 0.129 e. The molecule has 1 aliphatic rings. The van der Waals surface area contributed by atoms with E-state index in [1.807, 2.05) is 19.2 Å². The average Bonchev–Trinajstić information content (AvgIpc) is 2.77. The number of ether oxygens (including phenoxy) is 1. The van der Waals surface area contributed by atoms with Gasteiger partial charge in [-0.3, -0.25) is 9.67 Å². The highest BCUT2D eigenvalue weighted by Crippen LogP contribution is 2.37. The molecule has 5 heteroatoms. The molecule has 1 aliphatic heterocycles. The van der Waals surface area contributed by atoms with Crippen LogP contribution in [0.4, 0.5) is 5.82 Å². The highest BCUT2D eigenvalue weighted by atomic mass is 16.5. The molecule has 100 valence electrons. The first kappa shape index (κ1) is 12.2. The fraction of sp³-hybridized carbons (Fsp3) is 0.429. The Hall–Kier alpha value is -1.88. The van der Waals surface area contributed by atoms with Gasteiger partial charge in [0.2, 0.25) is 0 Å². The van der Waals surface area contributed by atoms with Crippen LogP contribution in [0, 0.1) is 0 Å². The lowest BCUT2D eigenvalue weighted by atomic mass is 9.91. The van der Waals surface area contributed by atoms with Gasteiger partial charge in [-0.25, -0.2) is 0 Å². The molecule has 2 aromatic heterocycles. The number of nitrogens with zero attached hydrogens (tertiary/aromatic N) is 3. The number of anilines is 1. The van der Waals surface area contributed by atoms with E-state index in [1.54, 1.807) is 17.1 Å². The van der Waals surface area contributed by atoms with E-state index in [9.17, 15) is 0 Å². The van der Waals surface area contributed by atoms with E-state index >= 15 is 0 Å². The fourth-order valence-electron chi connectivity index (χ4n) is 2.63. The van der Waals surface area contributed by atoms with Gasteiger partial charge < -0.3 is 10.5 Å². The first-order valence-electron chi connectivity index (χ1n) is 6.58. The Labute approximate surface area is 112 Å². The van der Waals surface area contributed by atoms with Gasteiger partial charge >= 0.3 is 0 Å². The third-order valence-electron chi connectivity index (χ3n) is 3.70. The van der Waals surface area contributed by atoms with Gasteiger partial charge in [0.1, 0.15) is 5.82 Å². The molecule has 0 bridgehead atoms. The fourth-order valence-corrected chi connectivity index (χ4v) is 2.63. The van der Waals surface area contributed by atoms with Crippen molar-refractivity contribution >= 4 is 5.82 Å². The van der Waals surface area contributed by atoms with Crippen molar-refractivity contribution in [3.05, 3.63) is 30.2 Å². The first-order chi connectivity index (χ1) is 9.27. The van der Waals surface area contributed by atoms with Gasteiger partial charge in [0, 0.05) is 44.1 Å². The second kappa shape index (κ2) is 5.01. The molecule has 0 atom stereocenters. The van der Waals surface area contributed by atoms with E-state index in [0.29, 0.717) is 11.7 Å². The number of nitrogens with two attached hydrogens (primary N) is 1. The molecule has 1 saturated heterocycles. The standard InChI is InChI=1S/C14H18N4O/c1-18-14(15)12(10-2-6-16-7-3-10)13(17-18)11-4-8-19-9-5-11/h2-3,6-7,11H,4-5,8-9,15H2,1H3. The number of aryl methyl sites for hydroxylation is 1. The zero-order chi connectivity index (χ0) is 13.2. The molecule has 1 fully saturated rings. The van der Waals surface area contributed by atoms with Gasteiger partial charge in [0.05, 0.1) is 5.69 Å². The third kappa shape index (κ3) is 2.21. The van der Waals surface area contributed by atoms with Crippen LogP contribution in [0.1, 0.15) is 24.5 Å². The quantitative estimate of drug-likeness (QED) is 0.894. The molecular weight excluding hydrogens is 240 g/mol. The minimum absolute atomic E-state index is 0.431. The van der Waals surface area contributed by atoms with Crippen LogP contribution in [0.5, 0.6) is 0 Å². The van der Waals surface area contributed by atoms with Crippen LogP contribution in [-0.4, -0.2) is 28.0 Å². The van der Waals surface area contributed by atoms with Gasteiger partial charge in [-0.05, 0) is 30.5 Å². The van der Waals surface area contributed by atoms with E-state index in [0.717, 1.165) is 42.9 Å². The minimum Gasteiger partial charge on any atom is -0.383 e. The van der Waals surface area contributed by atoms with Crippen LogP contribution >= 0.6 is 0 Å². The van der Waals surface area contributed by atoms with Crippen molar-refractivity contribution < 1.29 is 4.74 Å². The van der Waals surface area contributed by atoms with Crippen molar-refractivity contribution in [1.82, 2.24) is 14.8 Å². The van der Waals surface area contributed by atoms with E-state index in [4.69, 9.17) is 10.5 Å². The summed E-state index contributed by atoms with van der Waals surface area (Å²) in [6, 6.07) is 3.96. The number of aromatic nitrogens is 3. The second-order valence-electron chi connectivity index (χ2n) is 4.89. The Morgan fingerprint density at radius 2 is 1.95 bits per heavy atom. The van der Waals surface area contributed by atoms with Crippen molar-refractivity contribution in [2.45, 2.75) is 18.8 Å². The summed E-state index contributed by atoms with van der Waals surface area (Å²) in [5.74, 6) is 1.15. The molecule has 5 nitrogen and oxygen atoms in total. The van der Waals surface area contributed by atoms with E-state index in [-0.39, 0.29) is 0 Å². The molecule has 0 unspecified atom stereocenters. The molecule has 3 rings (SSSR count). The molecule has 3 heterocycles. The van der Waals surface area contributed by atoms with Gasteiger partial charge in [0.25, 0.3) is 0 Å². The summed E-state index contributed by atoms with van der Waals surface area (Å²) < 4.78 is 7.19. The molecule has 0 spiro atoms. The van der Waals surface area contributed by atoms with Gasteiger partial charge in [-0.2, -0.15) is 5.10 Å². The van der Waals surface area contributed by atoms with E-state index < -0.39 is 0 Å². The summed E-state index contributed by atoms with van der Waals surface area (Å²) >= 11 is 0. The van der Waals surface area contributed by atoms with E-state index in [2.05, 4.69) is 10.1 Å². The number of pyridine rings is 1.